The number of benzene rings is 1. The predicted molar refractivity (Wildman–Crippen MR) is 108 cm³/mol. The molecule has 2 rings (SSSR count). The Morgan fingerprint density at radius 3 is 2.29 bits per heavy atom. The number of hydrogen-bond acceptors (Lipinski definition) is 8. The van der Waals surface area contributed by atoms with Gasteiger partial charge in [-0.2, -0.15) is 13.2 Å². The van der Waals surface area contributed by atoms with Crippen molar-refractivity contribution in [1.29, 1.82) is 0 Å². The highest BCUT2D eigenvalue weighted by Gasteiger charge is 2.35. The Labute approximate surface area is 192 Å². The van der Waals surface area contributed by atoms with Crippen LogP contribution in [-0.2, 0) is 35.2 Å². The summed E-state index contributed by atoms with van der Waals surface area (Å²) in [6.07, 6.45) is -6.33. The molecule has 1 fully saturated rings. The number of alkyl halides is 3. The molecule has 0 saturated carbocycles. The number of amides is 2. The van der Waals surface area contributed by atoms with Crippen molar-refractivity contribution < 1.29 is 45.5 Å². The number of rotatable bonds is 11. The minimum absolute atomic E-state index is 0.0210. The Morgan fingerprint density at radius 1 is 1.12 bits per heavy atom. The van der Waals surface area contributed by atoms with E-state index in [2.05, 4.69) is 14.9 Å². The normalized spacial score (nSPS) is 15.1. The van der Waals surface area contributed by atoms with Crippen molar-refractivity contribution in [1.82, 2.24) is 5.06 Å². The van der Waals surface area contributed by atoms with Crippen molar-refractivity contribution >= 4 is 27.8 Å². The molecule has 0 N–H and O–H groups in total. The molecule has 0 radical (unpaired) electrons. The molecule has 1 aromatic rings. The third kappa shape index (κ3) is 7.92. The maximum absolute atomic E-state index is 12.7. The van der Waals surface area contributed by atoms with Gasteiger partial charge in [0, 0.05) is 24.3 Å². The minimum atomic E-state index is -4.64. The quantitative estimate of drug-likeness (QED) is 0.110. The fourth-order valence-electron chi connectivity index (χ4n) is 3.03. The summed E-state index contributed by atoms with van der Waals surface area (Å²) < 4.78 is 68.7. The second-order valence-electron chi connectivity index (χ2n) is 7.27. The van der Waals surface area contributed by atoms with Crippen LogP contribution < -0.4 is 0 Å². The first kappa shape index (κ1) is 26.9. The minimum Gasteiger partial charge on any atom is -0.428 e. The monoisotopic (exact) mass is 506 g/mol. The van der Waals surface area contributed by atoms with Gasteiger partial charge in [0.25, 0.3) is 11.8 Å². The number of ether oxygens (including phenoxy) is 1. The fraction of sp³-hybridized carbons (Fsp3) is 0.526. The molecule has 2 amide bonds. The lowest BCUT2D eigenvalue weighted by Crippen LogP contribution is -2.35. The van der Waals surface area contributed by atoms with Gasteiger partial charge in [-0.05, 0) is 49.1 Å². The second kappa shape index (κ2) is 11.7. The van der Waals surface area contributed by atoms with Gasteiger partial charge >= 0.3 is 12.3 Å². The van der Waals surface area contributed by atoms with Crippen molar-refractivity contribution in [2.45, 2.75) is 55.7 Å². The second-order valence-corrected chi connectivity index (χ2v) is 9.30. The van der Waals surface area contributed by atoms with E-state index in [1.54, 1.807) is 0 Å². The molecule has 1 aliphatic heterocycles. The van der Waals surface area contributed by atoms with E-state index in [0.717, 1.165) is 12.1 Å². The van der Waals surface area contributed by atoms with E-state index in [-0.39, 0.29) is 30.9 Å². The Morgan fingerprint density at radius 2 is 1.74 bits per heavy atom. The Hall–Kier alpha value is -3.32. The van der Waals surface area contributed by atoms with Crippen LogP contribution in [0.15, 0.2) is 34.3 Å². The summed E-state index contributed by atoms with van der Waals surface area (Å²) in [4.78, 5) is 42.0. The zero-order valence-corrected chi connectivity index (χ0v) is 18.5. The van der Waals surface area contributed by atoms with Gasteiger partial charge < -0.3 is 4.74 Å². The van der Waals surface area contributed by atoms with Crippen LogP contribution in [0, 0.1) is 0 Å². The van der Waals surface area contributed by atoms with E-state index in [1.165, 1.54) is 0 Å². The Kier molecular flexibility index (Phi) is 9.27. The standard InChI is InChI=1S/C19H21F3N4O7S/c20-19(21,22)13-5-7-15(8-6-13)34(30,31)12-14(4-2-1-3-11-24-25-23)32-18(29)33-26-16(27)9-10-17(26)28/h5-8,14H,1-4,9-12H2. The first-order chi connectivity index (χ1) is 15.9. The number of imide groups is 1. The topological polar surface area (TPSA) is 156 Å². The molecule has 1 saturated heterocycles. The molecule has 11 nitrogen and oxygen atoms in total. The Balaban J connectivity index is 2.09. The molecule has 15 heteroatoms. The van der Waals surface area contributed by atoms with Crippen molar-refractivity contribution in [3.63, 3.8) is 0 Å². The molecule has 0 spiro atoms. The molecular formula is C19H21F3N4O7S. The molecule has 1 aliphatic rings. The molecule has 1 atom stereocenters. The van der Waals surface area contributed by atoms with Gasteiger partial charge in [0.1, 0.15) is 6.10 Å². The molecule has 0 bridgehead atoms. The number of azide groups is 1. The average molecular weight is 506 g/mol. The predicted octanol–water partition coefficient (Wildman–Crippen LogP) is 3.94. The molecule has 186 valence electrons. The smallest absolute Gasteiger partial charge is 0.428 e. The van der Waals surface area contributed by atoms with Gasteiger partial charge in [0.2, 0.25) is 0 Å². The largest absolute Gasteiger partial charge is 0.534 e. The lowest BCUT2D eigenvalue weighted by Gasteiger charge is -2.19. The highest BCUT2D eigenvalue weighted by molar-refractivity contribution is 7.91. The third-order valence-electron chi connectivity index (χ3n) is 4.73. The van der Waals surface area contributed by atoms with Gasteiger partial charge in [-0.3, -0.25) is 14.4 Å². The zero-order chi connectivity index (χ0) is 25.4. The van der Waals surface area contributed by atoms with E-state index in [1.807, 2.05) is 0 Å². The molecular weight excluding hydrogens is 485 g/mol. The van der Waals surface area contributed by atoms with E-state index < -0.39 is 56.3 Å². The van der Waals surface area contributed by atoms with Crippen LogP contribution in [0.5, 0.6) is 0 Å². The van der Waals surface area contributed by atoms with Crippen molar-refractivity contribution in [2.24, 2.45) is 5.11 Å². The number of hydrogen-bond donors (Lipinski definition) is 0. The summed E-state index contributed by atoms with van der Waals surface area (Å²) in [5.74, 6) is -2.28. The maximum Gasteiger partial charge on any atom is 0.534 e. The summed E-state index contributed by atoms with van der Waals surface area (Å²) in [5.41, 5.74) is 7.24. The number of carbonyl (C=O) groups is 3. The lowest BCUT2D eigenvalue weighted by atomic mass is 10.1. The summed E-state index contributed by atoms with van der Waals surface area (Å²) in [6.45, 7) is 0.215. The molecule has 1 unspecified atom stereocenters. The third-order valence-corrected chi connectivity index (χ3v) is 6.53. The van der Waals surface area contributed by atoms with Gasteiger partial charge in [-0.25, -0.2) is 13.2 Å². The van der Waals surface area contributed by atoms with Crippen LogP contribution in [0.4, 0.5) is 18.0 Å². The van der Waals surface area contributed by atoms with Gasteiger partial charge in [0.15, 0.2) is 9.84 Å². The van der Waals surface area contributed by atoms with Crippen LogP contribution in [-0.4, -0.2) is 49.9 Å². The van der Waals surface area contributed by atoms with Crippen LogP contribution in [0.25, 0.3) is 10.4 Å². The summed E-state index contributed by atoms with van der Waals surface area (Å²) >= 11 is 0. The molecule has 34 heavy (non-hydrogen) atoms. The van der Waals surface area contributed by atoms with Crippen LogP contribution in [0.1, 0.15) is 44.1 Å². The zero-order valence-electron chi connectivity index (χ0n) is 17.7. The van der Waals surface area contributed by atoms with E-state index in [0.29, 0.717) is 31.4 Å². The first-order valence-electron chi connectivity index (χ1n) is 10.1. The lowest BCUT2D eigenvalue weighted by molar-refractivity contribution is -0.178. The molecule has 1 aromatic carbocycles. The molecule has 0 aromatic heterocycles. The van der Waals surface area contributed by atoms with Crippen LogP contribution >= 0.6 is 0 Å². The summed E-state index contributed by atoms with van der Waals surface area (Å²) in [5, 5.41) is 3.60. The fourth-order valence-corrected chi connectivity index (χ4v) is 4.50. The number of unbranched alkanes of at least 4 members (excludes halogenated alkanes) is 2. The molecule has 0 aliphatic carbocycles. The van der Waals surface area contributed by atoms with E-state index in [4.69, 9.17) is 10.3 Å². The van der Waals surface area contributed by atoms with Crippen molar-refractivity contribution in [3.05, 3.63) is 40.3 Å². The van der Waals surface area contributed by atoms with Crippen LogP contribution in [0.3, 0.4) is 0 Å². The van der Waals surface area contributed by atoms with Crippen molar-refractivity contribution in [2.75, 3.05) is 12.3 Å². The van der Waals surface area contributed by atoms with Gasteiger partial charge in [-0.15, -0.1) is 0 Å². The number of carbonyl (C=O) groups excluding carboxylic acids is 3. The number of halogens is 3. The average Bonchev–Trinajstić information content (AvgIpc) is 3.07. The number of hydroxylamine groups is 2. The van der Waals surface area contributed by atoms with E-state index in [9.17, 15) is 36.0 Å². The SMILES string of the molecule is [N-]=[N+]=NCCCCCC(CS(=O)(=O)c1ccc(C(F)(F)F)cc1)OC(=O)ON1C(=O)CCC1=O. The molecule has 1 heterocycles. The summed E-state index contributed by atoms with van der Waals surface area (Å²) in [6, 6.07) is 2.85. The van der Waals surface area contributed by atoms with Crippen LogP contribution in [0.2, 0.25) is 0 Å². The van der Waals surface area contributed by atoms with Crippen molar-refractivity contribution in [3.8, 4) is 0 Å². The number of nitrogens with zero attached hydrogens (tertiary/aromatic N) is 4. The maximum atomic E-state index is 12.7. The first-order valence-corrected chi connectivity index (χ1v) is 11.7. The Bertz CT molecular complexity index is 1040. The van der Waals surface area contributed by atoms with E-state index >= 15 is 0 Å². The highest BCUT2D eigenvalue weighted by Crippen LogP contribution is 2.30. The highest BCUT2D eigenvalue weighted by atomic mass is 32.2. The van der Waals surface area contributed by atoms with Gasteiger partial charge in [0.05, 0.1) is 16.2 Å². The van der Waals surface area contributed by atoms with Gasteiger partial charge in [-0.1, -0.05) is 16.6 Å². The summed E-state index contributed by atoms with van der Waals surface area (Å²) in [7, 11) is -4.18. The number of sulfone groups is 1.